The van der Waals surface area contributed by atoms with Crippen molar-refractivity contribution in [3.05, 3.63) is 138 Å². The fraction of sp³-hybridized carbons (Fsp3) is 0.129. The molecule has 4 aromatic carbocycles. The summed E-state index contributed by atoms with van der Waals surface area (Å²) in [6, 6.07) is 37.4. The fourth-order valence-electron chi connectivity index (χ4n) is 4.19. The highest BCUT2D eigenvalue weighted by atomic mass is 16.5. The van der Waals surface area contributed by atoms with Crippen LogP contribution >= 0.6 is 0 Å². The van der Waals surface area contributed by atoms with Gasteiger partial charge in [-0.25, -0.2) is 4.79 Å². The largest absolute Gasteiger partial charge is 0.495 e. The fourth-order valence-corrected chi connectivity index (χ4v) is 4.19. The number of hydrogen-bond donors (Lipinski definition) is 1. The van der Waals surface area contributed by atoms with Crippen molar-refractivity contribution in [1.82, 2.24) is 4.90 Å². The van der Waals surface area contributed by atoms with Crippen LogP contribution in [-0.2, 0) is 0 Å². The van der Waals surface area contributed by atoms with Crippen molar-refractivity contribution in [3.8, 4) is 5.75 Å². The quantitative estimate of drug-likeness (QED) is 0.296. The minimum Gasteiger partial charge on any atom is -0.495 e. The Hall–Kier alpha value is -4.31. The van der Waals surface area contributed by atoms with E-state index in [-0.39, 0.29) is 12.1 Å². The van der Waals surface area contributed by atoms with Gasteiger partial charge in [0.05, 0.1) is 18.8 Å². The second-order valence-electron chi connectivity index (χ2n) is 8.38. The van der Waals surface area contributed by atoms with Crippen molar-refractivity contribution in [1.29, 1.82) is 0 Å². The summed E-state index contributed by atoms with van der Waals surface area (Å²) >= 11 is 0. The molecule has 0 heterocycles. The van der Waals surface area contributed by atoms with Crippen molar-refractivity contribution >= 4 is 17.8 Å². The first-order valence-corrected chi connectivity index (χ1v) is 11.7. The lowest BCUT2D eigenvalue weighted by Gasteiger charge is -2.33. The lowest BCUT2D eigenvalue weighted by molar-refractivity contribution is 0.203. The Balaban J connectivity index is 1.75. The van der Waals surface area contributed by atoms with Crippen LogP contribution in [-0.4, -0.2) is 24.6 Å². The van der Waals surface area contributed by atoms with Crippen LogP contribution in [0.1, 0.15) is 29.7 Å². The van der Waals surface area contributed by atoms with E-state index in [0.29, 0.717) is 18.0 Å². The Labute approximate surface area is 207 Å². The van der Waals surface area contributed by atoms with Crippen LogP contribution in [0.4, 0.5) is 10.5 Å². The first-order chi connectivity index (χ1) is 17.2. The number of carbonyl (C=O) groups excluding carboxylic acids is 1. The molecule has 4 aromatic rings. The first kappa shape index (κ1) is 23.8. The minimum absolute atomic E-state index is 0.201. The third kappa shape index (κ3) is 6.18. The number of benzene rings is 4. The van der Waals surface area contributed by atoms with Crippen LogP contribution < -0.4 is 10.1 Å². The van der Waals surface area contributed by atoms with Crippen molar-refractivity contribution in [2.75, 3.05) is 19.0 Å². The predicted octanol–water partition coefficient (Wildman–Crippen LogP) is 7.42. The minimum atomic E-state index is -0.272. The molecule has 35 heavy (non-hydrogen) atoms. The number of nitrogens with one attached hydrogen (secondary N) is 1. The van der Waals surface area contributed by atoms with E-state index in [4.69, 9.17) is 4.74 Å². The Kier molecular flexibility index (Phi) is 7.97. The number of ether oxygens (including phenoxy) is 1. The molecule has 0 aliphatic heterocycles. The normalized spacial score (nSPS) is 11.2. The van der Waals surface area contributed by atoms with E-state index in [2.05, 4.69) is 54.7 Å². The van der Waals surface area contributed by atoms with Crippen LogP contribution in [0, 0.1) is 0 Å². The lowest BCUT2D eigenvalue weighted by Crippen LogP contribution is -2.39. The van der Waals surface area contributed by atoms with E-state index in [0.717, 1.165) is 22.3 Å². The number of urea groups is 1. The number of nitrogens with zero attached hydrogens (tertiary/aromatic N) is 1. The average Bonchev–Trinajstić information content (AvgIpc) is 2.90. The predicted molar refractivity (Wildman–Crippen MR) is 144 cm³/mol. The van der Waals surface area contributed by atoms with Crippen LogP contribution in [0.15, 0.2) is 121 Å². The monoisotopic (exact) mass is 462 g/mol. The Bertz CT molecular complexity index is 1220. The van der Waals surface area contributed by atoms with Crippen molar-refractivity contribution in [3.63, 3.8) is 0 Å². The summed E-state index contributed by atoms with van der Waals surface area (Å²) in [6.45, 7) is 2.51. The van der Waals surface area contributed by atoms with Gasteiger partial charge in [0.1, 0.15) is 5.75 Å². The number of hydrogen-bond acceptors (Lipinski definition) is 2. The number of rotatable bonds is 8. The molecule has 4 nitrogen and oxygen atoms in total. The van der Waals surface area contributed by atoms with Gasteiger partial charge in [-0.1, -0.05) is 115 Å². The van der Waals surface area contributed by atoms with E-state index >= 15 is 0 Å². The van der Waals surface area contributed by atoms with Gasteiger partial charge < -0.3 is 15.0 Å². The molecule has 4 heteroatoms. The van der Waals surface area contributed by atoms with Gasteiger partial charge in [0.15, 0.2) is 0 Å². The molecule has 0 aliphatic carbocycles. The molecule has 1 N–H and O–H groups in total. The molecule has 0 saturated heterocycles. The maximum atomic E-state index is 13.9. The maximum Gasteiger partial charge on any atom is 0.323 e. The Morgan fingerprint density at radius 2 is 1.31 bits per heavy atom. The molecular formula is C31H30N2O2. The van der Waals surface area contributed by atoms with Crippen LogP contribution in [0.25, 0.3) is 6.08 Å². The number of amides is 2. The Morgan fingerprint density at radius 1 is 0.800 bits per heavy atom. The van der Waals surface area contributed by atoms with Crippen molar-refractivity contribution in [2.24, 2.45) is 0 Å². The highest BCUT2D eigenvalue weighted by Gasteiger charge is 2.27. The molecule has 0 atom stereocenters. The summed E-state index contributed by atoms with van der Waals surface area (Å²) < 4.78 is 5.47. The molecule has 0 unspecified atom stereocenters. The number of anilines is 1. The van der Waals surface area contributed by atoms with Gasteiger partial charge in [0, 0.05) is 6.54 Å². The van der Waals surface area contributed by atoms with E-state index in [1.165, 1.54) is 0 Å². The number of para-hydroxylation sites is 2. The maximum absolute atomic E-state index is 13.9. The van der Waals surface area contributed by atoms with E-state index in [1.807, 2.05) is 83.8 Å². The standard InChI is InChI=1S/C31H30N2O2/c1-24(22-25-14-6-3-7-15-25)23-33(31(34)32-28-20-12-13-21-29(28)35-2)30(26-16-8-4-9-17-26)27-18-10-5-11-19-27/h3-22,30H,23H2,1-2H3,(H,32,34)/b24-22+. The molecule has 0 bridgehead atoms. The molecular weight excluding hydrogens is 432 g/mol. The summed E-state index contributed by atoms with van der Waals surface area (Å²) in [6.07, 6.45) is 2.12. The second kappa shape index (κ2) is 11.7. The molecule has 0 spiro atoms. The molecule has 2 amide bonds. The van der Waals surface area contributed by atoms with Crippen LogP contribution in [0.2, 0.25) is 0 Å². The zero-order chi connectivity index (χ0) is 24.5. The molecule has 0 aliphatic rings. The molecule has 4 rings (SSSR count). The van der Waals surface area contributed by atoms with Gasteiger partial charge in [0.25, 0.3) is 0 Å². The smallest absolute Gasteiger partial charge is 0.323 e. The molecule has 176 valence electrons. The average molecular weight is 463 g/mol. The second-order valence-corrected chi connectivity index (χ2v) is 8.38. The summed E-state index contributed by atoms with van der Waals surface area (Å²) in [7, 11) is 1.60. The van der Waals surface area contributed by atoms with Gasteiger partial charge in [-0.05, 0) is 35.7 Å². The van der Waals surface area contributed by atoms with E-state index < -0.39 is 0 Å². The Morgan fingerprint density at radius 3 is 1.89 bits per heavy atom. The first-order valence-electron chi connectivity index (χ1n) is 11.7. The topological polar surface area (TPSA) is 41.6 Å². The summed E-state index contributed by atoms with van der Waals surface area (Å²) in [4.78, 5) is 15.8. The van der Waals surface area contributed by atoms with Crippen LogP contribution in [0.5, 0.6) is 5.75 Å². The van der Waals surface area contributed by atoms with E-state index in [1.54, 1.807) is 7.11 Å². The zero-order valence-corrected chi connectivity index (χ0v) is 20.1. The molecule has 0 saturated carbocycles. The highest BCUT2D eigenvalue weighted by molar-refractivity contribution is 5.91. The van der Waals surface area contributed by atoms with Gasteiger partial charge in [-0.3, -0.25) is 0 Å². The summed E-state index contributed by atoms with van der Waals surface area (Å²) in [5, 5.41) is 3.09. The van der Waals surface area contributed by atoms with Crippen molar-refractivity contribution < 1.29 is 9.53 Å². The molecule has 0 aromatic heterocycles. The van der Waals surface area contributed by atoms with Gasteiger partial charge in [0.2, 0.25) is 0 Å². The van der Waals surface area contributed by atoms with Gasteiger partial charge in [-0.15, -0.1) is 0 Å². The lowest BCUT2D eigenvalue weighted by atomic mass is 9.96. The number of methoxy groups -OCH3 is 1. The van der Waals surface area contributed by atoms with Gasteiger partial charge >= 0.3 is 6.03 Å². The summed E-state index contributed by atoms with van der Waals surface area (Å²) in [5.74, 6) is 0.619. The third-order valence-electron chi connectivity index (χ3n) is 5.78. The van der Waals surface area contributed by atoms with Crippen LogP contribution in [0.3, 0.4) is 0 Å². The van der Waals surface area contributed by atoms with Gasteiger partial charge in [-0.2, -0.15) is 0 Å². The SMILES string of the molecule is COc1ccccc1NC(=O)N(C/C(C)=C/c1ccccc1)C(c1ccccc1)c1ccccc1. The highest BCUT2D eigenvalue weighted by Crippen LogP contribution is 2.31. The molecule has 0 radical (unpaired) electrons. The number of carbonyl (C=O) groups is 1. The zero-order valence-electron chi connectivity index (χ0n) is 20.1. The third-order valence-corrected chi connectivity index (χ3v) is 5.78. The summed E-state index contributed by atoms with van der Waals surface area (Å²) in [5.41, 5.74) is 4.90. The van der Waals surface area contributed by atoms with Crippen molar-refractivity contribution in [2.45, 2.75) is 13.0 Å². The molecule has 0 fully saturated rings. The van der Waals surface area contributed by atoms with E-state index in [9.17, 15) is 4.79 Å².